The fourth-order valence-electron chi connectivity index (χ4n) is 1.87. The normalized spacial score (nSPS) is 13.5. The summed E-state index contributed by atoms with van der Waals surface area (Å²) >= 11 is 0. The van der Waals surface area contributed by atoms with Gasteiger partial charge in [-0.15, -0.1) is 0 Å². The van der Waals surface area contributed by atoms with Crippen LogP contribution >= 0.6 is 0 Å². The van der Waals surface area contributed by atoms with E-state index in [-0.39, 0.29) is 12.2 Å². The van der Waals surface area contributed by atoms with E-state index in [0.717, 1.165) is 28.3 Å². The number of carboxylic acids is 1. The lowest BCUT2D eigenvalue weighted by molar-refractivity contribution is -0.180. The van der Waals surface area contributed by atoms with Crippen LogP contribution in [0.25, 0.3) is 0 Å². The molecular formula is C14H28O4Si. The number of hydrogen-bond acceptors (Lipinski definition) is 3. The summed E-state index contributed by atoms with van der Waals surface area (Å²) < 4.78 is 11.3. The van der Waals surface area contributed by atoms with E-state index in [1.54, 1.807) is 0 Å². The van der Waals surface area contributed by atoms with Gasteiger partial charge in [0.15, 0.2) is 6.29 Å². The highest BCUT2D eigenvalue weighted by atomic mass is 28.1. The smallest absolute Gasteiger partial charge is 0.331 e. The Morgan fingerprint density at radius 3 is 1.95 bits per heavy atom. The molecule has 1 N–H and O–H groups in total. The third-order valence-electron chi connectivity index (χ3n) is 2.62. The number of carboxylic acid groups (broad SMARTS) is 1. The highest BCUT2D eigenvalue weighted by Gasteiger charge is 2.20. The lowest BCUT2D eigenvalue weighted by Crippen LogP contribution is -2.27. The molecule has 0 radical (unpaired) electrons. The molecule has 19 heavy (non-hydrogen) atoms. The fraction of sp³-hybridized carbons (Fsp3) is 0.786. The van der Waals surface area contributed by atoms with Crippen molar-refractivity contribution in [3.8, 4) is 0 Å². The summed E-state index contributed by atoms with van der Waals surface area (Å²) in [6, 6.07) is 0. The first-order chi connectivity index (χ1) is 8.77. The molecule has 0 saturated heterocycles. The summed E-state index contributed by atoms with van der Waals surface area (Å²) in [5.41, 5.74) is 0.472. The molecule has 0 aromatic carbocycles. The number of allylic oxidation sites excluding steroid dienone is 1. The first-order valence-corrected chi connectivity index (χ1v) is 8.00. The van der Waals surface area contributed by atoms with Gasteiger partial charge in [0.1, 0.15) is 0 Å². The molecule has 0 bridgehead atoms. The minimum atomic E-state index is -0.844. The van der Waals surface area contributed by atoms with Crippen LogP contribution in [0.4, 0.5) is 0 Å². The molecule has 0 heterocycles. The molecule has 0 rings (SSSR count). The van der Waals surface area contributed by atoms with Gasteiger partial charge in [-0.25, -0.2) is 4.79 Å². The number of hydrogen-bond donors (Lipinski definition) is 1. The summed E-state index contributed by atoms with van der Waals surface area (Å²) in [5, 5.41) is 10.4. The van der Waals surface area contributed by atoms with Crippen LogP contribution in [0.15, 0.2) is 10.8 Å². The Morgan fingerprint density at radius 1 is 1.16 bits per heavy atom. The standard InChI is InChI=1S/C14H28O4Si/c1-6-7-12(19)11(14(15)16)8-13(17-9(2)3)18-10(4)5/h9-10,13H,6-8H2,1-5,19H3,(H,15,16). The second kappa shape index (κ2) is 9.28. The quantitative estimate of drug-likeness (QED) is 0.401. The Balaban J connectivity index is 4.93. The van der Waals surface area contributed by atoms with Gasteiger partial charge in [0.25, 0.3) is 0 Å². The Morgan fingerprint density at radius 2 is 1.63 bits per heavy atom. The third-order valence-corrected chi connectivity index (χ3v) is 3.72. The Kier molecular flexibility index (Phi) is 8.96. The van der Waals surface area contributed by atoms with Gasteiger partial charge in [0.2, 0.25) is 0 Å². The van der Waals surface area contributed by atoms with E-state index in [2.05, 4.69) is 6.92 Å². The van der Waals surface area contributed by atoms with E-state index < -0.39 is 12.3 Å². The van der Waals surface area contributed by atoms with Crippen LogP contribution in [0.3, 0.4) is 0 Å². The molecule has 4 nitrogen and oxygen atoms in total. The van der Waals surface area contributed by atoms with E-state index in [9.17, 15) is 9.90 Å². The minimum absolute atomic E-state index is 0.0162. The Labute approximate surface area is 119 Å². The lowest BCUT2D eigenvalue weighted by Gasteiger charge is -2.24. The largest absolute Gasteiger partial charge is 0.478 e. The Bertz CT molecular complexity index is 301. The van der Waals surface area contributed by atoms with E-state index in [1.165, 1.54) is 0 Å². The summed E-state index contributed by atoms with van der Waals surface area (Å²) in [7, 11) is 0.771. The molecule has 0 fully saturated rings. The van der Waals surface area contributed by atoms with Crippen LogP contribution < -0.4 is 0 Å². The molecule has 0 aromatic heterocycles. The van der Waals surface area contributed by atoms with Crippen molar-refractivity contribution in [1.29, 1.82) is 0 Å². The van der Waals surface area contributed by atoms with Crippen molar-refractivity contribution in [3.63, 3.8) is 0 Å². The van der Waals surface area contributed by atoms with E-state index in [4.69, 9.17) is 9.47 Å². The van der Waals surface area contributed by atoms with Crippen molar-refractivity contribution in [3.05, 3.63) is 10.8 Å². The van der Waals surface area contributed by atoms with Gasteiger partial charge in [0, 0.05) is 22.2 Å². The molecule has 0 aliphatic carbocycles. The number of carbonyl (C=O) groups is 1. The monoisotopic (exact) mass is 288 g/mol. The molecule has 0 spiro atoms. The van der Waals surface area contributed by atoms with Crippen LogP contribution in [0.1, 0.15) is 53.9 Å². The topological polar surface area (TPSA) is 55.8 Å². The van der Waals surface area contributed by atoms with E-state index >= 15 is 0 Å². The van der Waals surface area contributed by atoms with Crippen molar-refractivity contribution in [2.24, 2.45) is 0 Å². The maximum Gasteiger partial charge on any atom is 0.331 e. The lowest BCUT2D eigenvalue weighted by atomic mass is 10.1. The second-order valence-electron chi connectivity index (χ2n) is 5.32. The molecule has 0 unspecified atom stereocenters. The van der Waals surface area contributed by atoms with Gasteiger partial charge in [-0.1, -0.05) is 18.5 Å². The van der Waals surface area contributed by atoms with Crippen molar-refractivity contribution in [2.45, 2.75) is 72.4 Å². The summed E-state index contributed by atoms with van der Waals surface area (Å²) in [6.45, 7) is 9.76. The highest BCUT2D eigenvalue weighted by Crippen LogP contribution is 2.18. The van der Waals surface area contributed by atoms with Crippen LogP contribution in [-0.2, 0) is 14.3 Å². The summed E-state index contributed by atoms with van der Waals surface area (Å²) in [4.78, 5) is 11.4. The number of ether oxygens (including phenoxy) is 2. The second-order valence-corrected chi connectivity index (χ2v) is 6.52. The van der Waals surface area contributed by atoms with Crippen LogP contribution in [-0.4, -0.2) is 39.8 Å². The molecule has 5 heteroatoms. The van der Waals surface area contributed by atoms with Crippen LogP contribution in [0.5, 0.6) is 0 Å². The fourth-order valence-corrected chi connectivity index (χ4v) is 2.79. The molecule has 0 saturated carbocycles. The van der Waals surface area contributed by atoms with Crippen molar-refractivity contribution >= 4 is 16.2 Å². The maximum absolute atomic E-state index is 11.4. The molecule has 112 valence electrons. The van der Waals surface area contributed by atoms with Gasteiger partial charge < -0.3 is 14.6 Å². The zero-order valence-corrected chi connectivity index (χ0v) is 15.0. The number of rotatable bonds is 9. The van der Waals surface area contributed by atoms with E-state index in [0.29, 0.717) is 12.0 Å². The summed E-state index contributed by atoms with van der Waals surface area (Å²) in [5.74, 6) is -0.844. The zero-order chi connectivity index (χ0) is 15.0. The first-order valence-electron chi connectivity index (χ1n) is 7.00. The van der Waals surface area contributed by atoms with Crippen molar-refractivity contribution in [2.75, 3.05) is 0 Å². The van der Waals surface area contributed by atoms with Crippen molar-refractivity contribution < 1.29 is 19.4 Å². The molecule has 0 aromatic rings. The predicted octanol–water partition coefficient (Wildman–Crippen LogP) is 2.06. The minimum Gasteiger partial charge on any atom is -0.478 e. The zero-order valence-electron chi connectivity index (χ0n) is 13.0. The van der Waals surface area contributed by atoms with Gasteiger partial charge in [0.05, 0.1) is 12.2 Å². The first kappa shape index (κ1) is 18.3. The number of aliphatic carboxylic acids is 1. The molecule has 0 amide bonds. The van der Waals surface area contributed by atoms with Gasteiger partial charge in [-0.3, -0.25) is 0 Å². The third kappa shape index (κ3) is 8.18. The molecule has 0 atom stereocenters. The van der Waals surface area contributed by atoms with Crippen LogP contribution in [0, 0.1) is 0 Å². The molecule has 0 aliphatic heterocycles. The predicted molar refractivity (Wildman–Crippen MR) is 80.4 cm³/mol. The Hall–Kier alpha value is -0.653. The average molecular weight is 288 g/mol. The molecular weight excluding hydrogens is 260 g/mol. The van der Waals surface area contributed by atoms with E-state index in [1.807, 2.05) is 27.7 Å². The summed E-state index contributed by atoms with van der Waals surface area (Å²) in [6.07, 6.45) is 1.70. The highest BCUT2D eigenvalue weighted by molar-refractivity contribution is 6.24. The van der Waals surface area contributed by atoms with Crippen molar-refractivity contribution in [1.82, 2.24) is 0 Å². The van der Waals surface area contributed by atoms with Gasteiger partial charge >= 0.3 is 5.97 Å². The van der Waals surface area contributed by atoms with Gasteiger partial charge in [-0.2, -0.15) is 0 Å². The van der Waals surface area contributed by atoms with Crippen LogP contribution in [0.2, 0.25) is 0 Å². The van der Waals surface area contributed by atoms with Gasteiger partial charge in [-0.05, 0) is 34.1 Å². The molecule has 0 aliphatic rings. The average Bonchev–Trinajstić information content (AvgIpc) is 2.23. The maximum atomic E-state index is 11.4. The SMILES string of the molecule is CCCC([SiH3])=C(CC(OC(C)C)OC(C)C)C(=O)O.